The highest BCUT2D eigenvalue weighted by Gasteiger charge is 2.28. The van der Waals surface area contributed by atoms with E-state index >= 15 is 4.39 Å². The van der Waals surface area contributed by atoms with Crippen molar-refractivity contribution in [3.63, 3.8) is 0 Å². The predicted octanol–water partition coefficient (Wildman–Crippen LogP) is 11.7. The second-order valence-electron chi connectivity index (χ2n) is 12.1. The maximum Gasteiger partial charge on any atom is 0.166 e. The van der Waals surface area contributed by atoms with Crippen LogP contribution in [0.5, 0.6) is 0 Å². The fourth-order valence-electron chi connectivity index (χ4n) is 6.98. The molecular weight excluding hydrogens is 513 g/mol. The van der Waals surface area contributed by atoms with Gasteiger partial charge in [-0.15, -0.1) is 0 Å². The van der Waals surface area contributed by atoms with Crippen LogP contribution in [0.15, 0.2) is 72.8 Å². The molecule has 1 fully saturated rings. The molecule has 0 saturated heterocycles. The van der Waals surface area contributed by atoms with E-state index in [0.717, 1.165) is 61.0 Å². The highest BCUT2D eigenvalue weighted by atomic mass is 19.2. The zero-order valence-electron chi connectivity index (χ0n) is 24.6. The number of hydrogen-bond donors (Lipinski definition) is 0. The normalized spacial score (nSPS) is 21.3. The van der Waals surface area contributed by atoms with Crippen LogP contribution in [0.1, 0.15) is 89.2 Å². The lowest BCUT2D eigenvalue weighted by Crippen LogP contribution is -2.22. The molecule has 2 aliphatic carbocycles. The number of aryl methyl sites for hydroxylation is 1. The van der Waals surface area contributed by atoms with E-state index in [0.29, 0.717) is 23.1 Å². The van der Waals surface area contributed by atoms with Crippen LogP contribution in [0, 0.1) is 35.2 Å². The minimum absolute atomic E-state index is 0.234. The largest absolute Gasteiger partial charge is 0.206 e. The van der Waals surface area contributed by atoms with Gasteiger partial charge >= 0.3 is 0 Å². The topological polar surface area (TPSA) is 0 Å². The molecule has 0 nitrogen and oxygen atoms in total. The highest BCUT2D eigenvalue weighted by molar-refractivity contribution is 5.74. The van der Waals surface area contributed by atoms with Crippen molar-refractivity contribution in [2.45, 2.75) is 84.5 Å². The number of rotatable bonds is 9. The van der Waals surface area contributed by atoms with Crippen LogP contribution in [0.3, 0.4) is 0 Å². The van der Waals surface area contributed by atoms with E-state index in [4.69, 9.17) is 0 Å². The number of halogens is 3. The Labute approximate surface area is 244 Å². The van der Waals surface area contributed by atoms with Gasteiger partial charge in [0.1, 0.15) is 5.82 Å². The Balaban J connectivity index is 1.24. The fourth-order valence-corrected chi connectivity index (χ4v) is 6.98. The molecule has 216 valence electrons. The molecule has 2 aliphatic rings. The lowest BCUT2D eigenvalue weighted by molar-refractivity contribution is 0.212. The van der Waals surface area contributed by atoms with Gasteiger partial charge in [0.15, 0.2) is 11.6 Å². The molecule has 3 heteroatoms. The van der Waals surface area contributed by atoms with Gasteiger partial charge in [-0.3, -0.25) is 0 Å². The van der Waals surface area contributed by atoms with Crippen molar-refractivity contribution < 1.29 is 13.2 Å². The van der Waals surface area contributed by atoms with Crippen molar-refractivity contribution in [1.29, 1.82) is 0 Å². The average molecular weight is 557 g/mol. The van der Waals surface area contributed by atoms with E-state index in [-0.39, 0.29) is 11.4 Å². The van der Waals surface area contributed by atoms with Crippen LogP contribution in [0.4, 0.5) is 13.2 Å². The highest BCUT2D eigenvalue weighted by Crippen LogP contribution is 2.42. The summed E-state index contributed by atoms with van der Waals surface area (Å²) in [5, 5.41) is 0. The summed E-state index contributed by atoms with van der Waals surface area (Å²) in [6, 6.07) is 15.9. The van der Waals surface area contributed by atoms with Crippen molar-refractivity contribution in [2.75, 3.05) is 0 Å². The number of unbranched alkanes of at least 4 members (excludes halogenated alkanes) is 2. The Bertz CT molecular complexity index is 1370. The summed E-state index contributed by atoms with van der Waals surface area (Å²) in [4.78, 5) is 0. The second-order valence-corrected chi connectivity index (χ2v) is 12.1. The van der Waals surface area contributed by atoms with Gasteiger partial charge in [-0.25, -0.2) is 13.2 Å². The van der Waals surface area contributed by atoms with E-state index < -0.39 is 11.6 Å². The van der Waals surface area contributed by atoms with Crippen LogP contribution in [-0.4, -0.2) is 0 Å². The molecule has 0 radical (unpaired) electrons. The average Bonchev–Trinajstić information content (AvgIpc) is 3.00. The van der Waals surface area contributed by atoms with E-state index in [1.165, 1.54) is 37.7 Å². The van der Waals surface area contributed by atoms with Crippen LogP contribution >= 0.6 is 0 Å². The van der Waals surface area contributed by atoms with Gasteiger partial charge in [0, 0.05) is 11.1 Å². The Morgan fingerprint density at radius 2 is 1.41 bits per heavy atom. The van der Waals surface area contributed by atoms with Crippen molar-refractivity contribution in [2.24, 2.45) is 17.8 Å². The SMILES string of the molecule is C/C=C/C1CCC(C2CC=C(c3ccc(-c4ccc(-c5ccc(CCCCC)c(F)c5F)cc4)c(F)c3)CC2)CC1. The molecule has 0 aliphatic heterocycles. The number of benzene rings is 3. The maximum atomic E-state index is 15.3. The molecule has 1 unspecified atom stereocenters. The van der Waals surface area contributed by atoms with Crippen molar-refractivity contribution in [3.05, 3.63) is 101 Å². The summed E-state index contributed by atoms with van der Waals surface area (Å²) >= 11 is 0. The Hall–Kier alpha value is -3.07. The molecule has 1 saturated carbocycles. The number of allylic oxidation sites excluding steroid dienone is 4. The third-order valence-electron chi connectivity index (χ3n) is 9.46. The first-order valence-corrected chi connectivity index (χ1v) is 15.7. The lowest BCUT2D eigenvalue weighted by atomic mass is 9.71. The molecule has 0 aromatic heterocycles. The summed E-state index contributed by atoms with van der Waals surface area (Å²) in [6.45, 7) is 4.20. The zero-order chi connectivity index (χ0) is 28.8. The second kappa shape index (κ2) is 13.7. The molecule has 0 heterocycles. The molecule has 0 bridgehead atoms. The Kier molecular flexibility index (Phi) is 9.85. The molecule has 41 heavy (non-hydrogen) atoms. The quantitative estimate of drug-likeness (QED) is 0.182. The van der Waals surface area contributed by atoms with Gasteiger partial charge in [0.2, 0.25) is 0 Å². The minimum atomic E-state index is -0.813. The van der Waals surface area contributed by atoms with Crippen molar-refractivity contribution in [1.82, 2.24) is 0 Å². The van der Waals surface area contributed by atoms with E-state index in [1.54, 1.807) is 42.5 Å². The van der Waals surface area contributed by atoms with Gasteiger partial charge in [0.25, 0.3) is 0 Å². The van der Waals surface area contributed by atoms with Crippen LogP contribution < -0.4 is 0 Å². The Morgan fingerprint density at radius 3 is 2.05 bits per heavy atom. The number of hydrogen-bond acceptors (Lipinski definition) is 0. The summed E-state index contributed by atoms with van der Waals surface area (Å²) in [6.07, 6.45) is 18.9. The minimum Gasteiger partial charge on any atom is -0.206 e. The summed E-state index contributed by atoms with van der Waals surface area (Å²) in [7, 11) is 0. The van der Waals surface area contributed by atoms with Gasteiger partial charge < -0.3 is 0 Å². The van der Waals surface area contributed by atoms with Crippen molar-refractivity contribution in [3.8, 4) is 22.3 Å². The predicted molar refractivity (Wildman–Crippen MR) is 166 cm³/mol. The van der Waals surface area contributed by atoms with Gasteiger partial charge in [-0.05, 0) is 116 Å². The third kappa shape index (κ3) is 6.88. The molecule has 5 rings (SSSR count). The summed E-state index contributed by atoms with van der Waals surface area (Å²) in [5.41, 5.74) is 4.70. The smallest absolute Gasteiger partial charge is 0.166 e. The van der Waals surface area contributed by atoms with Gasteiger partial charge in [-0.1, -0.05) is 86.5 Å². The molecule has 0 amide bonds. The summed E-state index contributed by atoms with van der Waals surface area (Å²) < 4.78 is 44.9. The van der Waals surface area contributed by atoms with E-state index in [2.05, 4.69) is 32.1 Å². The van der Waals surface area contributed by atoms with Crippen LogP contribution in [0.25, 0.3) is 27.8 Å². The van der Waals surface area contributed by atoms with Gasteiger partial charge in [-0.2, -0.15) is 0 Å². The first-order valence-electron chi connectivity index (χ1n) is 15.7. The molecule has 3 aromatic rings. The monoisotopic (exact) mass is 556 g/mol. The maximum absolute atomic E-state index is 15.3. The molecule has 3 aromatic carbocycles. The van der Waals surface area contributed by atoms with Gasteiger partial charge in [0.05, 0.1) is 0 Å². The molecule has 0 N–H and O–H groups in total. The summed E-state index contributed by atoms with van der Waals surface area (Å²) in [5.74, 6) is 0.512. The first kappa shape index (κ1) is 29.4. The van der Waals surface area contributed by atoms with Crippen LogP contribution in [0.2, 0.25) is 0 Å². The van der Waals surface area contributed by atoms with E-state index in [9.17, 15) is 8.78 Å². The first-order chi connectivity index (χ1) is 20.0. The van der Waals surface area contributed by atoms with E-state index in [1.807, 2.05) is 12.1 Å². The lowest BCUT2D eigenvalue weighted by Gasteiger charge is -2.34. The Morgan fingerprint density at radius 1 is 0.732 bits per heavy atom. The molecular formula is C38H43F3. The molecule has 0 spiro atoms. The fraction of sp³-hybridized carbons (Fsp3) is 0.421. The zero-order valence-corrected chi connectivity index (χ0v) is 24.6. The standard InChI is InChI=1S/C38H43F3/c1-3-5-6-8-32-21-24-35(38(41)37(32)40)31-19-17-30(18-20-31)34-23-22-33(25-36(34)39)29-15-13-28(14-16-29)27-11-9-26(7-4-2)10-12-27/h4,7,15,17-28H,3,5-6,8-14,16H2,1-2H3/b7-4+. The third-order valence-corrected chi connectivity index (χ3v) is 9.46. The van der Waals surface area contributed by atoms with Crippen LogP contribution in [-0.2, 0) is 6.42 Å². The molecule has 1 atom stereocenters. The van der Waals surface area contributed by atoms with Crippen molar-refractivity contribution >= 4 is 5.57 Å².